The number of aryl methyl sites for hydroxylation is 1. The number of carbonyl (C=O) groups excluding carboxylic acids is 3. The van der Waals surface area contributed by atoms with Crippen LogP contribution in [0.4, 0.5) is 10.1 Å². The fraction of sp³-hybridized carbons (Fsp3) is 0.316. The zero-order valence-corrected chi connectivity index (χ0v) is 14.9. The molecule has 1 unspecified atom stereocenters. The Morgan fingerprint density at radius 1 is 1.22 bits per heavy atom. The summed E-state index contributed by atoms with van der Waals surface area (Å²) in [5, 5.41) is 2.49. The Morgan fingerprint density at radius 3 is 2.70 bits per heavy atom. The van der Waals surface area contributed by atoms with Crippen molar-refractivity contribution in [2.24, 2.45) is 7.05 Å². The third-order valence-corrected chi connectivity index (χ3v) is 4.43. The molecular formula is C19H20FN3O4. The van der Waals surface area contributed by atoms with Crippen LogP contribution in [0.2, 0.25) is 0 Å². The number of hydrogen-bond acceptors (Lipinski definition) is 4. The molecule has 1 atom stereocenters. The number of nitrogens with one attached hydrogen (secondary N) is 1. The second-order valence-electron chi connectivity index (χ2n) is 6.29. The van der Waals surface area contributed by atoms with Crippen LogP contribution < -0.4 is 5.32 Å². The molecule has 1 N–H and O–H groups in total. The van der Waals surface area contributed by atoms with E-state index in [1.54, 1.807) is 36.0 Å². The molecule has 1 aliphatic rings. The lowest BCUT2D eigenvalue weighted by Crippen LogP contribution is -2.52. The van der Waals surface area contributed by atoms with Gasteiger partial charge in [0.15, 0.2) is 0 Å². The van der Waals surface area contributed by atoms with Gasteiger partial charge in [-0.2, -0.15) is 0 Å². The molecule has 0 bridgehead atoms. The van der Waals surface area contributed by atoms with E-state index >= 15 is 0 Å². The van der Waals surface area contributed by atoms with Crippen LogP contribution in [0.15, 0.2) is 42.6 Å². The van der Waals surface area contributed by atoms with Gasteiger partial charge >= 0.3 is 0 Å². The van der Waals surface area contributed by atoms with E-state index in [0.717, 1.165) is 0 Å². The largest absolute Gasteiger partial charge is 0.377 e. The highest BCUT2D eigenvalue weighted by Crippen LogP contribution is 2.17. The Hall–Kier alpha value is -3.00. The summed E-state index contributed by atoms with van der Waals surface area (Å²) in [4.78, 5) is 38.8. The molecule has 7 nitrogen and oxygen atoms in total. The normalized spacial score (nSPS) is 16.8. The van der Waals surface area contributed by atoms with Crippen molar-refractivity contribution in [2.75, 3.05) is 25.1 Å². The summed E-state index contributed by atoms with van der Waals surface area (Å²) in [6, 6.07) is 8.48. The first-order chi connectivity index (χ1) is 13.0. The quantitative estimate of drug-likeness (QED) is 0.638. The molecule has 1 aromatic carbocycles. The average Bonchev–Trinajstić information content (AvgIpc) is 3.09. The lowest BCUT2D eigenvalue weighted by molar-refractivity contribution is -0.136. The highest BCUT2D eigenvalue weighted by atomic mass is 19.1. The number of anilines is 1. The molecule has 2 heterocycles. The minimum atomic E-state index is -0.677. The number of rotatable bonds is 5. The number of benzene rings is 1. The molecule has 1 fully saturated rings. The van der Waals surface area contributed by atoms with Crippen LogP contribution in [0.5, 0.6) is 0 Å². The molecule has 0 aliphatic carbocycles. The van der Waals surface area contributed by atoms with Gasteiger partial charge in [0.05, 0.1) is 30.6 Å². The molecule has 2 aromatic rings. The van der Waals surface area contributed by atoms with E-state index in [1.165, 1.54) is 23.1 Å². The number of amides is 2. The Balaban J connectivity index is 1.69. The summed E-state index contributed by atoms with van der Waals surface area (Å²) < 4.78 is 20.6. The van der Waals surface area contributed by atoms with Crippen molar-refractivity contribution in [2.45, 2.75) is 12.5 Å². The number of para-hydroxylation sites is 1. The van der Waals surface area contributed by atoms with Crippen molar-refractivity contribution in [3.63, 3.8) is 0 Å². The maximum absolute atomic E-state index is 13.7. The van der Waals surface area contributed by atoms with Gasteiger partial charge in [0.1, 0.15) is 5.82 Å². The van der Waals surface area contributed by atoms with Crippen LogP contribution in [0.3, 0.4) is 0 Å². The first kappa shape index (κ1) is 18.8. The summed E-state index contributed by atoms with van der Waals surface area (Å²) in [6.07, 6.45) is 1.58. The molecule has 142 valence electrons. The second kappa shape index (κ2) is 8.13. The fourth-order valence-corrected chi connectivity index (χ4v) is 3.01. The van der Waals surface area contributed by atoms with Crippen molar-refractivity contribution in [3.8, 4) is 0 Å². The summed E-state index contributed by atoms with van der Waals surface area (Å²) >= 11 is 0. The minimum Gasteiger partial charge on any atom is -0.377 e. The summed E-state index contributed by atoms with van der Waals surface area (Å²) in [5.74, 6) is -2.31. The van der Waals surface area contributed by atoms with Crippen molar-refractivity contribution in [3.05, 3.63) is 54.1 Å². The van der Waals surface area contributed by atoms with Gasteiger partial charge < -0.3 is 19.5 Å². The van der Waals surface area contributed by atoms with Gasteiger partial charge in [-0.25, -0.2) is 4.39 Å². The topological polar surface area (TPSA) is 80.6 Å². The molecular weight excluding hydrogens is 353 g/mol. The minimum absolute atomic E-state index is 0.0667. The molecule has 2 amide bonds. The first-order valence-corrected chi connectivity index (χ1v) is 8.56. The van der Waals surface area contributed by atoms with E-state index in [9.17, 15) is 18.8 Å². The number of halogens is 1. The number of hydrogen-bond donors (Lipinski definition) is 1. The van der Waals surface area contributed by atoms with E-state index in [-0.39, 0.29) is 37.6 Å². The van der Waals surface area contributed by atoms with Gasteiger partial charge in [-0.1, -0.05) is 12.1 Å². The standard InChI is InChI=1S/C19H20FN3O4/c1-22-8-4-7-16(22)18(25)19(26)23-9-10-27-12-13(23)11-17(24)21-15-6-3-2-5-14(15)20/h2-8,13H,9-12H2,1H3,(H,21,24). The fourth-order valence-electron chi connectivity index (χ4n) is 3.01. The molecule has 1 aromatic heterocycles. The van der Waals surface area contributed by atoms with E-state index in [2.05, 4.69) is 5.32 Å². The number of aromatic nitrogens is 1. The number of Topliss-reactive ketones (excluding diaryl/α,β-unsaturated/α-hetero) is 1. The number of nitrogens with zero attached hydrogens (tertiary/aromatic N) is 2. The van der Waals surface area contributed by atoms with Crippen molar-refractivity contribution < 1.29 is 23.5 Å². The van der Waals surface area contributed by atoms with Crippen molar-refractivity contribution in [1.29, 1.82) is 0 Å². The van der Waals surface area contributed by atoms with Crippen LogP contribution in [0.25, 0.3) is 0 Å². The summed E-state index contributed by atoms with van der Waals surface area (Å²) in [5.41, 5.74) is 0.345. The molecule has 8 heteroatoms. The van der Waals surface area contributed by atoms with Crippen LogP contribution >= 0.6 is 0 Å². The predicted octanol–water partition coefficient (Wildman–Crippen LogP) is 1.60. The molecule has 1 saturated heterocycles. The van der Waals surface area contributed by atoms with Gasteiger partial charge in [0.25, 0.3) is 11.7 Å². The zero-order valence-electron chi connectivity index (χ0n) is 14.9. The number of morpholine rings is 1. The SMILES string of the molecule is Cn1cccc1C(=O)C(=O)N1CCOCC1CC(=O)Nc1ccccc1F. The lowest BCUT2D eigenvalue weighted by atomic mass is 10.1. The highest BCUT2D eigenvalue weighted by molar-refractivity contribution is 6.42. The molecule has 1 aliphatic heterocycles. The number of ketones is 1. The first-order valence-electron chi connectivity index (χ1n) is 8.56. The van der Waals surface area contributed by atoms with Crippen molar-refractivity contribution in [1.82, 2.24) is 9.47 Å². The maximum atomic E-state index is 13.7. The smallest absolute Gasteiger partial charge is 0.296 e. The molecule has 0 spiro atoms. The molecule has 0 saturated carbocycles. The summed E-state index contributed by atoms with van der Waals surface area (Å²) in [7, 11) is 1.68. The third kappa shape index (κ3) is 4.22. The van der Waals surface area contributed by atoms with E-state index < -0.39 is 29.5 Å². The Morgan fingerprint density at radius 2 is 2.00 bits per heavy atom. The lowest BCUT2D eigenvalue weighted by Gasteiger charge is -2.34. The van der Waals surface area contributed by atoms with E-state index in [0.29, 0.717) is 0 Å². The highest BCUT2D eigenvalue weighted by Gasteiger charge is 2.33. The van der Waals surface area contributed by atoms with Gasteiger partial charge in [0.2, 0.25) is 5.91 Å². The van der Waals surface area contributed by atoms with Gasteiger partial charge in [0, 0.05) is 26.2 Å². The zero-order chi connectivity index (χ0) is 19.4. The monoisotopic (exact) mass is 373 g/mol. The van der Waals surface area contributed by atoms with Crippen LogP contribution in [0, 0.1) is 5.82 Å². The van der Waals surface area contributed by atoms with Crippen LogP contribution in [-0.4, -0.2) is 52.9 Å². The average molecular weight is 373 g/mol. The van der Waals surface area contributed by atoms with Gasteiger partial charge in [-0.3, -0.25) is 14.4 Å². The van der Waals surface area contributed by atoms with Crippen LogP contribution in [-0.2, 0) is 21.4 Å². The Kier molecular flexibility index (Phi) is 5.66. The second-order valence-corrected chi connectivity index (χ2v) is 6.29. The van der Waals surface area contributed by atoms with E-state index in [1.807, 2.05) is 0 Å². The predicted molar refractivity (Wildman–Crippen MR) is 95.7 cm³/mol. The molecule has 27 heavy (non-hydrogen) atoms. The number of ether oxygens (including phenoxy) is 1. The third-order valence-electron chi connectivity index (χ3n) is 4.43. The molecule has 3 rings (SSSR count). The molecule has 0 radical (unpaired) electrons. The summed E-state index contributed by atoms with van der Waals surface area (Å²) in [6.45, 7) is 0.640. The Bertz CT molecular complexity index is 864. The van der Waals surface area contributed by atoms with E-state index in [4.69, 9.17) is 4.74 Å². The Labute approximate surface area is 155 Å². The maximum Gasteiger partial charge on any atom is 0.296 e. The van der Waals surface area contributed by atoms with Crippen LogP contribution in [0.1, 0.15) is 16.9 Å². The van der Waals surface area contributed by atoms with Gasteiger partial charge in [-0.15, -0.1) is 0 Å². The van der Waals surface area contributed by atoms with Gasteiger partial charge in [-0.05, 0) is 24.3 Å². The van der Waals surface area contributed by atoms with Crippen molar-refractivity contribution >= 4 is 23.3 Å². The number of carbonyl (C=O) groups is 3.